The SMILES string of the molecule is CSCC[C@H](NSc1ccccc1[N+](=O)[O-])C(=O)[O-]. The number of nitro benzene ring substituents is 1. The second kappa shape index (κ2) is 8.03. The van der Waals surface area contributed by atoms with E-state index in [0.29, 0.717) is 17.1 Å². The van der Waals surface area contributed by atoms with E-state index >= 15 is 0 Å². The lowest BCUT2D eigenvalue weighted by molar-refractivity contribution is -0.387. The van der Waals surface area contributed by atoms with Gasteiger partial charge in [0.15, 0.2) is 0 Å². The summed E-state index contributed by atoms with van der Waals surface area (Å²) in [6.07, 6.45) is 2.28. The molecule has 0 saturated carbocycles. The molecule has 6 nitrogen and oxygen atoms in total. The van der Waals surface area contributed by atoms with Crippen LogP contribution in [0.3, 0.4) is 0 Å². The lowest BCUT2D eigenvalue weighted by Gasteiger charge is -2.18. The zero-order chi connectivity index (χ0) is 14.3. The number of nitrogens with zero attached hydrogens (tertiary/aromatic N) is 1. The van der Waals surface area contributed by atoms with E-state index in [9.17, 15) is 20.0 Å². The van der Waals surface area contributed by atoms with Gasteiger partial charge in [0.05, 0.1) is 16.9 Å². The van der Waals surface area contributed by atoms with Gasteiger partial charge >= 0.3 is 0 Å². The van der Waals surface area contributed by atoms with Gasteiger partial charge in [0.1, 0.15) is 4.90 Å². The molecule has 0 heterocycles. The second-order valence-electron chi connectivity index (χ2n) is 3.60. The average molecular weight is 301 g/mol. The zero-order valence-corrected chi connectivity index (χ0v) is 11.8. The van der Waals surface area contributed by atoms with Crippen LogP contribution in [0, 0.1) is 10.1 Å². The summed E-state index contributed by atoms with van der Waals surface area (Å²) in [7, 11) is 0. The Labute approximate surface area is 119 Å². The predicted octanol–water partition coefficient (Wildman–Crippen LogP) is 1.06. The van der Waals surface area contributed by atoms with Crippen molar-refractivity contribution in [3.8, 4) is 0 Å². The lowest BCUT2D eigenvalue weighted by Crippen LogP contribution is -2.43. The Morgan fingerprint density at radius 3 is 2.74 bits per heavy atom. The van der Waals surface area contributed by atoms with Crippen LogP contribution in [-0.2, 0) is 4.79 Å². The zero-order valence-electron chi connectivity index (χ0n) is 10.2. The fraction of sp³-hybridized carbons (Fsp3) is 0.364. The summed E-state index contributed by atoms with van der Waals surface area (Å²) in [5.41, 5.74) is -0.0537. The molecule has 0 bridgehead atoms. The minimum Gasteiger partial charge on any atom is -0.548 e. The maximum absolute atomic E-state index is 10.9. The van der Waals surface area contributed by atoms with Crippen LogP contribution in [0.15, 0.2) is 29.2 Å². The largest absolute Gasteiger partial charge is 0.548 e. The van der Waals surface area contributed by atoms with Crippen molar-refractivity contribution < 1.29 is 14.8 Å². The molecule has 19 heavy (non-hydrogen) atoms. The minimum atomic E-state index is -1.21. The molecule has 8 heteroatoms. The van der Waals surface area contributed by atoms with E-state index in [1.165, 1.54) is 17.8 Å². The van der Waals surface area contributed by atoms with E-state index < -0.39 is 16.9 Å². The van der Waals surface area contributed by atoms with Crippen LogP contribution in [0.2, 0.25) is 0 Å². The first-order valence-electron chi connectivity index (χ1n) is 5.42. The number of carbonyl (C=O) groups excluding carboxylic acids is 1. The molecule has 0 spiro atoms. The standard InChI is InChI=1S/C11H14N2O4S2/c1-18-7-6-8(11(14)15)12-19-10-5-3-2-4-9(10)13(16)17/h2-5,8,12H,6-7H2,1H3,(H,14,15)/p-1/t8-/m0/s1. The van der Waals surface area contributed by atoms with Gasteiger partial charge < -0.3 is 9.90 Å². The molecule has 104 valence electrons. The highest BCUT2D eigenvalue weighted by atomic mass is 32.2. The Balaban J connectivity index is 2.68. The number of nitrogens with one attached hydrogen (secondary N) is 1. The van der Waals surface area contributed by atoms with Gasteiger partial charge in [-0.15, -0.1) is 0 Å². The normalized spacial score (nSPS) is 12.1. The van der Waals surface area contributed by atoms with Gasteiger partial charge in [-0.05, 0) is 36.4 Å². The van der Waals surface area contributed by atoms with Gasteiger partial charge in [-0.1, -0.05) is 12.1 Å². The number of carbonyl (C=O) groups is 1. The monoisotopic (exact) mass is 301 g/mol. The molecule has 0 fully saturated rings. The minimum absolute atomic E-state index is 0.0537. The quantitative estimate of drug-likeness (QED) is 0.436. The first-order chi connectivity index (χ1) is 9.06. The molecule has 1 aromatic carbocycles. The molecule has 0 aliphatic heterocycles. The van der Waals surface area contributed by atoms with Crippen LogP contribution < -0.4 is 9.83 Å². The molecule has 0 amide bonds. The van der Waals surface area contributed by atoms with E-state index in [-0.39, 0.29) is 5.69 Å². The van der Waals surface area contributed by atoms with Gasteiger partial charge in [0.25, 0.3) is 5.69 Å². The molecule has 0 aliphatic carbocycles. The Kier molecular flexibility index (Phi) is 6.68. The van der Waals surface area contributed by atoms with Gasteiger partial charge in [0.2, 0.25) is 0 Å². The molecule has 0 aromatic heterocycles. The van der Waals surface area contributed by atoms with Gasteiger partial charge in [-0.25, -0.2) is 0 Å². The third-order valence-corrected chi connectivity index (χ3v) is 3.88. The van der Waals surface area contributed by atoms with E-state index in [0.717, 1.165) is 11.9 Å². The summed E-state index contributed by atoms with van der Waals surface area (Å²) in [6.45, 7) is 0. The predicted molar refractivity (Wildman–Crippen MR) is 73.9 cm³/mol. The molecule has 1 rings (SSSR count). The van der Waals surface area contributed by atoms with E-state index in [2.05, 4.69) is 4.72 Å². The number of thioether (sulfide) groups is 1. The van der Waals surface area contributed by atoms with E-state index in [1.54, 1.807) is 18.2 Å². The first kappa shape index (κ1) is 15.8. The summed E-state index contributed by atoms with van der Waals surface area (Å²) in [4.78, 5) is 21.6. The summed E-state index contributed by atoms with van der Waals surface area (Å²) >= 11 is 2.47. The summed E-state index contributed by atoms with van der Waals surface area (Å²) in [5, 5.41) is 21.7. The number of carboxylic acid groups (broad SMARTS) is 1. The first-order valence-corrected chi connectivity index (χ1v) is 7.63. The Bertz CT molecular complexity index is 456. The molecule has 1 atom stereocenters. The summed E-state index contributed by atoms with van der Waals surface area (Å²) < 4.78 is 2.70. The Morgan fingerprint density at radius 1 is 1.47 bits per heavy atom. The van der Waals surface area contributed by atoms with Gasteiger partial charge in [0, 0.05) is 6.07 Å². The maximum atomic E-state index is 10.9. The number of para-hydroxylation sites is 1. The Morgan fingerprint density at radius 2 is 2.16 bits per heavy atom. The number of benzene rings is 1. The molecule has 0 unspecified atom stereocenters. The topological polar surface area (TPSA) is 95.3 Å². The van der Waals surface area contributed by atoms with Crippen LogP contribution in [0.5, 0.6) is 0 Å². The fourth-order valence-corrected chi connectivity index (χ4v) is 2.64. The van der Waals surface area contributed by atoms with Crippen LogP contribution in [0.1, 0.15) is 6.42 Å². The smallest absolute Gasteiger partial charge is 0.284 e. The molecule has 0 radical (unpaired) electrons. The van der Waals surface area contributed by atoms with Crippen molar-refractivity contribution in [1.82, 2.24) is 4.72 Å². The number of hydrogen-bond acceptors (Lipinski definition) is 7. The van der Waals surface area contributed by atoms with Crippen molar-refractivity contribution in [2.75, 3.05) is 12.0 Å². The number of rotatable bonds is 8. The summed E-state index contributed by atoms with van der Waals surface area (Å²) in [6, 6.07) is 5.33. The number of aliphatic carboxylic acids is 1. The molecule has 1 aromatic rings. The number of carboxylic acids is 1. The van der Waals surface area contributed by atoms with Crippen molar-refractivity contribution >= 4 is 35.4 Å². The van der Waals surface area contributed by atoms with E-state index in [1.807, 2.05) is 6.26 Å². The van der Waals surface area contributed by atoms with Crippen LogP contribution in [0.25, 0.3) is 0 Å². The molecule has 0 aliphatic rings. The lowest BCUT2D eigenvalue weighted by atomic mass is 10.2. The van der Waals surface area contributed by atoms with E-state index in [4.69, 9.17) is 0 Å². The molecular weight excluding hydrogens is 288 g/mol. The average Bonchev–Trinajstić information content (AvgIpc) is 2.38. The number of nitro groups is 1. The second-order valence-corrected chi connectivity index (χ2v) is 5.46. The fourth-order valence-electron chi connectivity index (χ4n) is 1.29. The van der Waals surface area contributed by atoms with Crippen LogP contribution >= 0.6 is 23.7 Å². The summed E-state index contributed by atoms with van der Waals surface area (Å²) in [5.74, 6) is -0.538. The molecular formula is C11H13N2O4S2-. The van der Waals surface area contributed by atoms with Crippen LogP contribution in [0.4, 0.5) is 5.69 Å². The third-order valence-electron chi connectivity index (χ3n) is 2.27. The van der Waals surface area contributed by atoms with Crippen molar-refractivity contribution in [3.05, 3.63) is 34.4 Å². The third kappa shape index (κ3) is 5.09. The van der Waals surface area contributed by atoms with Crippen molar-refractivity contribution in [2.24, 2.45) is 0 Å². The maximum Gasteiger partial charge on any atom is 0.284 e. The highest BCUT2D eigenvalue weighted by molar-refractivity contribution is 7.98. The highest BCUT2D eigenvalue weighted by Gasteiger charge is 2.15. The van der Waals surface area contributed by atoms with Crippen LogP contribution in [-0.4, -0.2) is 28.9 Å². The number of hydrogen-bond donors (Lipinski definition) is 1. The van der Waals surface area contributed by atoms with Crippen molar-refractivity contribution in [1.29, 1.82) is 0 Å². The van der Waals surface area contributed by atoms with Gasteiger partial charge in [-0.3, -0.25) is 14.8 Å². The Hall–Kier alpha value is -1.25. The molecule has 1 N–H and O–H groups in total. The van der Waals surface area contributed by atoms with Crippen molar-refractivity contribution in [3.63, 3.8) is 0 Å². The highest BCUT2D eigenvalue weighted by Crippen LogP contribution is 2.27. The van der Waals surface area contributed by atoms with Crippen molar-refractivity contribution in [2.45, 2.75) is 17.4 Å². The van der Waals surface area contributed by atoms with Gasteiger partial charge in [-0.2, -0.15) is 11.8 Å². The molecule has 0 saturated heterocycles.